The number of carbonyl (C=O) groups excluding carboxylic acids is 1. The molecule has 1 saturated heterocycles. The molecule has 0 atom stereocenters. The monoisotopic (exact) mass is 362 g/mol. The van der Waals surface area contributed by atoms with Crippen LogP contribution in [0.25, 0.3) is 0 Å². The molecule has 132 valence electrons. The maximum absolute atomic E-state index is 14.3. The van der Waals surface area contributed by atoms with Crippen molar-refractivity contribution in [1.82, 2.24) is 10.2 Å². The van der Waals surface area contributed by atoms with E-state index in [0.29, 0.717) is 16.3 Å². The minimum Gasteiger partial charge on any atom is -0.454 e. The Morgan fingerprint density at radius 2 is 1.88 bits per heavy atom. The summed E-state index contributed by atoms with van der Waals surface area (Å²) >= 11 is 5.82. The van der Waals surface area contributed by atoms with Crippen LogP contribution in [0.4, 0.5) is 4.39 Å². The number of rotatable bonds is 4. The molecule has 1 fully saturated rings. The maximum Gasteiger partial charge on any atom is 0.253 e. The summed E-state index contributed by atoms with van der Waals surface area (Å²) < 4.78 is 19.9. The Morgan fingerprint density at radius 1 is 1.20 bits per heavy atom. The van der Waals surface area contributed by atoms with Crippen LogP contribution in [0, 0.1) is 5.82 Å². The highest BCUT2D eigenvalue weighted by atomic mass is 35.5. The number of benzene rings is 2. The van der Waals surface area contributed by atoms with E-state index >= 15 is 0 Å². The van der Waals surface area contributed by atoms with Gasteiger partial charge in [-0.25, -0.2) is 4.39 Å². The maximum atomic E-state index is 14.3. The second-order valence-electron chi connectivity index (χ2n) is 6.10. The van der Waals surface area contributed by atoms with Crippen molar-refractivity contribution in [2.45, 2.75) is 18.9 Å². The average Bonchev–Trinajstić information content (AvgIpc) is 2.64. The third-order valence-electron chi connectivity index (χ3n) is 4.40. The molecule has 25 heavy (non-hydrogen) atoms. The zero-order valence-electron chi connectivity index (χ0n) is 14.0. The lowest BCUT2D eigenvalue weighted by Gasteiger charge is -2.31. The molecule has 6 heteroatoms. The van der Waals surface area contributed by atoms with E-state index in [0.717, 1.165) is 25.9 Å². The van der Waals surface area contributed by atoms with Crippen LogP contribution < -0.4 is 10.1 Å². The fourth-order valence-corrected chi connectivity index (χ4v) is 3.04. The van der Waals surface area contributed by atoms with Crippen LogP contribution in [0.2, 0.25) is 5.02 Å². The first-order valence-corrected chi connectivity index (χ1v) is 8.63. The van der Waals surface area contributed by atoms with Crippen molar-refractivity contribution in [2.24, 2.45) is 0 Å². The molecule has 1 aliphatic heterocycles. The Morgan fingerprint density at radius 3 is 2.52 bits per heavy atom. The first-order chi connectivity index (χ1) is 12.0. The molecule has 0 saturated carbocycles. The standard InChI is InChI=1S/C19H20ClFN2O2/c1-23(15-8-10-22-11-9-15)19(24)13-2-7-18(17(21)12-13)25-16-5-3-14(20)4-6-16/h2-7,12,15,22H,8-11H2,1H3. The van der Waals surface area contributed by atoms with Crippen molar-refractivity contribution in [3.63, 3.8) is 0 Å². The Labute approximate surface area is 151 Å². The van der Waals surface area contributed by atoms with E-state index in [1.165, 1.54) is 12.1 Å². The van der Waals surface area contributed by atoms with E-state index in [4.69, 9.17) is 16.3 Å². The van der Waals surface area contributed by atoms with Crippen LogP contribution in [0.1, 0.15) is 23.2 Å². The lowest BCUT2D eigenvalue weighted by molar-refractivity contribution is 0.0702. The van der Waals surface area contributed by atoms with Crippen LogP contribution in [-0.4, -0.2) is 37.0 Å². The van der Waals surface area contributed by atoms with E-state index < -0.39 is 5.82 Å². The first kappa shape index (κ1) is 17.7. The molecular formula is C19H20ClFN2O2. The van der Waals surface area contributed by atoms with Gasteiger partial charge in [-0.3, -0.25) is 4.79 Å². The first-order valence-electron chi connectivity index (χ1n) is 8.25. The average molecular weight is 363 g/mol. The van der Waals surface area contributed by atoms with Crippen molar-refractivity contribution >= 4 is 17.5 Å². The van der Waals surface area contributed by atoms with E-state index in [1.54, 1.807) is 42.3 Å². The predicted octanol–water partition coefficient (Wildman–Crippen LogP) is 4.10. The third-order valence-corrected chi connectivity index (χ3v) is 4.65. The molecule has 1 amide bonds. The van der Waals surface area contributed by atoms with Gasteiger partial charge in [0.2, 0.25) is 0 Å². The molecule has 1 heterocycles. The Hall–Kier alpha value is -2.11. The summed E-state index contributed by atoms with van der Waals surface area (Å²) in [5.41, 5.74) is 0.321. The lowest BCUT2D eigenvalue weighted by atomic mass is 10.0. The number of halogens is 2. The molecule has 1 N–H and O–H groups in total. The molecule has 0 spiro atoms. The molecule has 4 nitrogen and oxygen atoms in total. The molecule has 1 aliphatic rings. The number of hydrogen-bond donors (Lipinski definition) is 1. The fraction of sp³-hybridized carbons (Fsp3) is 0.316. The highest BCUT2D eigenvalue weighted by Gasteiger charge is 2.23. The number of nitrogens with zero attached hydrogens (tertiary/aromatic N) is 1. The van der Waals surface area contributed by atoms with Gasteiger partial charge in [0.1, 0.15) is 5.75 Å². The van der Waals surface area contributed by atoms with E-state index in [9.17, 15) is 9.18 Å². The Kier molecular flexibility index (Phi) is 5.56. The fourth-order valence-electron chi connectivity index (χ4n) is 2.91. The topological polar surface area (TPSA) is 41.6 Å². The van der Waals surface area contributed by atoms with E-state index in [-0.39, 0.29) is 17.7 Å². The number of piperidine rings is 1. The normalized spacial score (nSPS) is 15.0. The quantitative estimate of drug-likeness (QED) is 0.890. The number of carbonyl (C=O) groups is 1. The summed E-state index contributed by atoms with van der Waals surface area (Å²) in [6, 6.07) is 11.1. The summed E-state index contributed by atoms with van der Waals surface area (Å²) in [5, 5.41) is 3.85. The van der Waals surface area contributed by atoms with Gasteiger partial charge < -0.3 is 15.0 Å². The lowest BCUT2D eigenvalue weighted by Crippen LogP contribution is -2.43. The van der Waals surface area contributed by atoms with Crippen molar-refractivity contribution in [3.05, 3.63) is 58.9 Å². The molecular weight excluding hydrogens is 343 g/mol. The molecule has 0 aromatic heterocycles. The van der Waals surface area contributed by atoms with Crippen LogP contribution in [0.5, 0.6) is 11.5 Å². The minimum atomic E-state index is -0.570. The summed E-state index contributed by atoms with van der Waals surface area (Å²) in [6.07, 6.45) is 1.81. The van der Waals surface area contributed by atoms with Gasteiger partial charge in [-0.1, -0.05) is 11.6 Å². The van der Waals surface area contributed by atoms with Crippen LogP contribution in [-0.2, 0) is 0 Å². The number of nitrogens with one attached hydrogen (secondary N) is 1. The van der Waals surface area contributed by atoms with Gasteiger partial charge in [-0.2, -0.15) is 0 Å². The zero-order valence-corrected chi connectivity index (χ0v) is 14.7. The molecule has 2 aromatic carbocycles. The number of hydrogen-bond acceptors (Lipinski definition) is 3. The zero-order chi connectivity index (χ0) is 17.8. The Bertz CT molecular complexity index is 746. The van der Waals surface area contributed by atoms with Gasteiger partial charge in [0.25, 0.3) is 5.91 Å². The van der Waals surface area contributed by atoms with Gasteiger partial charge in [0.05, 0.1) is 0 Å². The third kappa shape index (κ3) is 4.30. The van der Waals surface area contributed by atoms with E-state index in [1.807, 2.05) is 0 Å². The van der Waals surface area contributed by atoms with Gasteiger partial charge in [0, 0.05) is 23.7 Å². The largest absolute Gasteiger partial charge is 0.454 e. The van der Waals surface area contributed by atoms with Gasteiger partial charge in [-0.15, -0.1) is 0 Å². The molecule has 3 rings (SSSR count). The SMILES string of the molecule is CN(C(=O)c1ccc(Oc2ccc(Cl)cc2)c(F)c1)C1CCNCC1. The summed E-state index contributed by atoms with van der Waals surface area (Å²) in [6.45, 7) is 1.79. The van der Waals surface area contributed by atoms with Gasteiger partial charge in [-0.05, 0) is 68.4 Å². The summed E-state index contributed by atoms with van der Waals surface area (Å²) in [7, 11) is 1.77. The highest BCUT2D eigenvalue weighted by molar-refractivity contribution is 6.30. The van der Waals surface area contributed by atoms with Gasteiger partial charge in [0.15, 0.2) is 11.6 Å². The second-order valence-corrected chi connectivity index (χ2v) is 6.53. The molecule has 0 radical (unpaired) electrons. The van der Waals surface area contributed by atoms with Crippen molar-refractivity contribution in [1.29, 1.82) is 0 Å². The second kappa shape index (κ2) is 7.85. The minimum absolute atomic E-state index is 0.0726. The van der Waals surface area contributed by atoms with Crippen LogP contribution in [0.15, 0.2) is 42.5 Å². The van der Waals surface area contributed by atoms with Crippen molar-refractivity contribution in [3.8, 4) is 11.5 Å². The Balaban J connectivity index is 1.72. The van der Waals surface area contributed by atoms with Crippen molar-refractivity contribution < 1.29 is 13.9 Å². The molecule has 2 aromatic rings. The summed E-state index contributed by atoms with van der Waals surface area (Å²) in [4.78, 5) is 14.3. The number of ether oxygens (including phenoxy) is 1. The van der Waals surface area contributed by atoms with Crippen LogP contribution >= 0.6 is 11.6 Å². The van der Waals surface area contributed by atoms with Gasteiger partial charge >= 0.3 is 0 Å². The van der Waals surface area contributed by atoms with Crippen molar-refractivity contribution in [2.75, 3.05) is 20.1 Å². The molecule has 0 unspecified atom stereocenters. The predicted molar refractivity (Wildman–Crippen MR) is 95.9 cm³/mol. The molecule has 0 aliphatic carbocycles. The smallest absolute Gasteiger partial charge is 0.253 e. The highest BCUT2D eigenvalue weighted by Crippen LogP contribution is 2.27. The van der Waals surface area contributed by atoms with E-state index in [2.05, 4.69) is 5.32 Å². The van der Waals surface area contributed by atoms with Crippen LogP contribution in [0.3, 0.4) is 0 Å². The molecule has 0 bridgehead atoms. The summed E-state index contributed by atoms with van der Waals surface area (Å²) in [5.74, 6) is -0.194. The number of amides is 1.